The smallest absolute Gasteiger partial charge is 0.168 e. The van der Waals surface area contributed by atoms with Crippen LogP contribution >= 0.6 is 27.7 Å². The Bertz CT molecular complexity index is 563. The summed E-state index contributed by atoms with van der Waals surface area (Å²) in [5, 5.41) is 0.0517. The van der Waals surface area contributed by atoms with E-state index in [1.165, 1.54) is 0 Å². The number of nitrogen functional groups attached to an aromatic ring is 1. The SMILES string of the molecule is Nc1nc(Sc2ccccc2Br)c(F)cc1F. The molecule has 6 heteroatoms. The highest BCUT2D eigenvalue weighted by atomic mass is 79.9. The molecule has 17 heavy (non-hydrogen) atoms. The first kappa shape index (κ1) is 12.3. The molecule has 1 aromatic carbocycles. The summed E-state index contributed by atoms with van der Waals surface area (Å²) in [6, 6.07) is 8.03. The van der Waals surface area contributed by atoms with Crippen LogP contribution in [0.1, 0.15) is 0 Å². The van der Waals surface area contributed by atoms with E-state index in [0.29, 0.717) is 0 Å². The number of nitrogens with two attached hydrogens (primary N) is 1. The topological polar surface area (TPSA) is 38.9 Å². The molecule has 0 saturated heterocycles. The predicted octanol–water partition coefficient (Wildman–Crippen LogP) is 3.86. The number of halogens is 3. The molecular formula is C11H7BrF2N2S. The number of hydrogen-bond acceptors (Lipinski definition) is 3. The Morgan fingerprint density at radius 1 is 1.18 bits per heavy atom. The van der Waals surface area contributed by atoms with Gasteiger partial charge >= 0.3 is 0 Å². The van der Waals surface area contributed by atoms with Gasteiger partial charge in [-0.1, -0.05) is 23.9 Å². The van der Waals surface area contributed by atoms with Crippen LogP contribution in [-0.4, -0.2) is 4.98 Å². The van der Waals surface area contributed by atoms with Gasteiger partial charge in [-0.15, -0.1) is 0 Å². The fourth-order valence-corrected chi connectivity index (χ4v) is 2.51. The molecule has 1 aromatic heterocycles. The van der Waals surface area contributed by atoms with Gasteiger partial charge in [0, 0.05) is 15.4 Å². The van der Waals surface area contributed by atoms with Crippen LogP contribution < -0.4 is 5.73 Å². The first-order chi connectivity index (χ1) is 8.08. The molecule has 0 unspecified atom stereocenters. The third-order valence-corrected chi connectivity index (χ3v) is 3.98. The van der Waals surface area contributed by atoms with E-state index in [0.717, 1.165) is 27.2 Å². The molecule has 88 valence electrons. The molecule has 2 N–H and O–H groups in total. The monoisotopic (exact) mass is 316 g/mol. The molecule has 2 rings (SSSR count). The Labute approximate surface area is 109 Å². The minimum Gasteiger partial charge on any atom is -0.381 e. The Morgan fingerprint density at radius 3 is 2.59 bits per heavy atom. The van der Waals surface area contributed by atoms with Gasteiger partial charge in [0.05, 0.1) is 0 Å². The summed E-state index contributed by atoms with van der Waals surface area (Å²) in [5.41, 5.74) is 5.30. The fraction of sp³-hybridized carbons (Fsp3) is 0. The van der Waals surface area contributed by atoms with Crippen molar-refractivity contribution >= 4 is 33.5 Å². The van der Waals surface area contributed by atoms with Crippen molar-refractivity contribution in [3.05, 3.63) is 46.4 Å². The van der Waals surface area contributed by atoms with Gasteiger partial charge in [0.25, 0.3) is 0 Å². The molecule has 1 heterocycles. The highest BCUT2D eigenvalue weighted by molar-refractivity contribution is 9.10. The second-order valence-electron chi connectivity index (χ2n) is 3.17. The van der Waals surface area contributed by atoms with Crippen LogP contribution in [0, 0.1) is 11.6 Å². The zero-order chi connectivity index (χ0) is 12.4. The largest absolute Gasteiger partial charge is 0.381 e. The van der Waals surface area contributed by atoms with E-state index >= 15 is 0 Å². The summed E-state index contributed by atoms with van der Waals surface area (Å²) in [5.74, 6) is -1.88. The Kier molecular flexibility index (Phi) is 3.63. The second-order valence-corrected chi connectivity index (χ2v) is 5.06. The van der Waals surface area contributed by atoms with Crippen LogP contribution in [0.5, 0.6) is 0 Å². The maximum Gasteiger partial charge on any atom is 0.168 e. The number of pyridine rings is 1. The van der Waals surface area contributed by atoms with Crippen LogP contribution in [0.15, 0.2) is 44.7 Å². The van der Waals surface area contributed by atoms with E-state index in [4.69, 9.17) is 5.73 Å². The van der Waals surface area contributed by atoms with E-state index in [2.05, 4.69) is 20.9 Å². The van der Waals surface area contributed by atoms with Crippen LogP contribution in [0.3, 0.4) is 0 Å². The van der Waals surface area contributed by atoms with Gasteiger partial charge in [-0.05, 0) is 28.1 Å². The highest BCUT2D eigenvalue weighted by Gasteiger charge is 2.12. The molecule has 2 nitrogen and oxygen atoms in total. The zero-order valence-electron chi connectivity index (χ0n) is 8.45. The maximum absolute atomic E-state index is 13.5. The average molecular weight is 317 g/mol. The van der Waals surface area contributed by atoms with Crippen LogP contribution in [0.2, 0.25) is 0 Å². The summed E-state index contributed by atoms with van der Waals surface area (Å²) < 4.78 is 27.2. The minimum atomic E-state index is -0.848. The Balaban J connectivity index is 2.37. The summed E-state index contributed by atoms with van der Waals surface area (Å²) >= 11 is 4.42. The van der Waals surface area contributed by atoms with Crippen molar-refractivity contribution in [2.45, 2.75) is 9.92 Å². The van der Waals surface area contributed by atoms with Crippen molar-refractivity contribution in [3.8, 4) is 0 Å². The number of benzene rings is 1. The molecule has 0 aliphatic carbocycles. The van der Waals surface area contributed by atoms with Crippen LogP contribution in [-0.2, 0) is 0 Å². The fourth-order valence-electron chi connectivity index (χ4n) is 1.17. The van der Waals surface area contributed by atoms with Gasteiger partial charge in [-0.3, -0.25) is 0 Å². The summed E-state index contributed by atoms with van der Waals surface area (Å²) in [7, 11) is 0. The number of hydrogen-bond donors (Lipinski definition) is 1. The van der Waals surface area contributed by atoms with E-state index in [-0.39, 0.29) is 10.8 Å². The van der Waals surface area contributed by atoms with Crippen molar-refractivity contribution in [3.63, 3.8) is 0 Å². The van der Waals surface area contributed by atoms with E-state index in [9.17, 15) is 8.78 Å². The third kappa shape index (κ3) is 2.76. The molecule has 0 spiro atoms. The van der Waals surface area contributed by atoms with Crippen molar-refractivity contribution in [1.82, 2.24) is 4.98 Å². The first-order valence-electron chi connectivity index (χ1n) is 4.62. The Hall–Kier alpha value is -1.14. The van der Waals surface area contributed by atoms with Crippen molar-refractivity contribution in [1.29, 1.82) is 0 Å². The van der Waals surface area contributed by atoms with Crippen LogP contribution in [0.4, 0.5) is 14.6 Å². The summed E-state index contributed by atoms with van der Waals surface area (Å²) in [4.78, 5) is 4.46. The molecule has 0 amide bonds. The number of rotatable bonds is 2. The van der Waals surface area contributed by atoms with E-state index in [1.54, 1.807) is 6.07 Å². The first-order valence-corrected chi connectivity index (χ1v) is 6.23. The van der Waals surface area contributed by atoms with Gasteiger partial charge in [-0.25, -0.2) is 13.8 Å². The lowest BCUT2D eigenvalue weighted by molar-refractivity contribution is 0.552. The summed E-state index contributed by atoms with van der Waals surface area (Å²) in [6.07, 6.45) is 0. The predicted molar refractivity (Wildman–Crippen MR) is 66.8 cm³/mol. The van der Waals surface area contributed by atoms with E-state index < -0.39 is 11.6 Å². The molecule has 0 saturated carbocycles. The lowest BCUT2D eigenvalue weighted by Crippen LogP contribution is -1.98. The molecule has 0 aliphatic heterocycles. The molecule has 0 radical (unpaired) electrons. The molecule has 0 fully saturated rings. The van der Waals surface area contributed by atoms with Gasteiger partial charge in [0.2, 0.25) is 0 Å². The lowest BCUT2D eigenvalue weighted by Gasteiger charge is -2.05. The van der Waals surface area contributed by atoms with Gasteiger partial charge in [0.15, 0.2) is 17.5 Å². The molecular weight excluding hydrogens is 310 g/mol. The molecule has 0 bridgehead atoms. The van der Waals surface area contributed by atoms with Crippen molar-refractivity contribution in [2.24, 2.45) is 0 Å². The summed E-state index contributed by atoms with van der Waals surface area (Å²) in [6.45, 7) is 0. The van der Waals surface area contributed by atoms with E-state index in [1.807, 2.05) is 18.2 Å². The zero-order valence-corrected chi connectivity index (χ0v) is 10.9. The van der Waals surface area contributed by atoms with Gasteiger partial charge in [-0.2, -0.15) is 0 Å². The number of aromatic nitrogens is 1. The molecule has 0 atom stereocenters. The second kappa shape index (κ2) is 5.01. The quantitative estimate of drug-likeness (QED) is 0.914. The van der Waals surface area contributed by atoms with Gasteiger partial charge < -0.3 is 5.73 Å². The average Bonchev–Trinajstić information content (AvgIpc) is 2.29. The lowest BCUT2D eigenvalue weighted by atomic mass is 10.4. The number of nitrogens with zero attached hydrogens (tertiary/aromatic N) is 1. The van der Waals surface area contributed by atoms with Gasteiger partial charge in [0.1, 0.15) is 5.03 Å². The molecule has 2 aromatic rings. The van der Waals surface area contributed by atoms with Crippen LogP contribution in [0.25, 0.3) is 0 Å². The molecule has 0 aliphatic rings. The Morgan fingerprint density at radius 2 is 1.88 bits per heavy atom. The number of anilines is 1. The standard InChI is InChI=1S/C11H7BrF2N2S/c12-6-3-1-2-4-9(6)17-11-8(14)5-7(13)10(15)16-11/h1-5H,(H2,15,16). The third-order valence-electron chi connectivity index (χ3n) is 1.97. The van der Waals surface area contributed by atoms with Crippen molar-refractivity contribution < 1.29 is 8.78 Å². The normalized spacial score (nSPS) is 10.5. The minimum absolute atomic E-state index is 0.0517. The highest BCUT2D eigenvalue weighted by Crippen LogP contribution is 2.34. The van der Waals surface area contributed by atoms with Crippen molar-refractivity contribution in [2.75, 3.05) is 5.73 Å². The maximum atomic E-state index is 13.5.